The van der Waals surface area contributed by atoms with Crippen molar-refractivity contribution in [3.63, 3.8) is 0 Å². The monoisotopic (exact) mass is 498 g/mol. The zero-order valence-corrected chi connectivity index (χ0v) is 24.0. The van der Waals surface area contributed by atoms with Crippen LogP contribution in [0.3, 0.4) is 0 Å². The molecule has 0 atom stereocenters. The molecule has 0 saturated carbocycles. The Morgan fingerprint density at radius 3 is 1.78 bits per heavy atom. The summed E-state index contributed by atoms with van der Waals surface area (Å²) in [4.78, 5) is 19.9. The van der Waals surface area contributed by atoms with Crippen LogP contribution in [0.1, 0.15) is 96.0 Å². The highest BCUT2D eigenvalue weighted by atomic mass is 16.1. The number of ketones is 1. The first-order valence-corrected chi connectivity index (χ1v) is 13.0. The summed E-state index contributed by atoms with van der Waals surface area (Å²) in [5, 5.41) is 4.10. The van der Waals surface area contributed by atoms with E-state index in [1.54, 1.807) is 18.5 Å². The maximum atomic E-state index is 11.3. The van der Waals surface area contributed by atoms with Crippen LogP contribution in [0.2, 0.25) is 0 Å². The van der Waals surface area contributed by atoms with Gasteiger partial charge in [0.1, 0.15) is 0 Å². The van der Waals surface area contributed by atoms with Crippen LogP contribution in [-0.2, 0) is 34.0 Å². The van der Waals surface area contributed by atoms with Gasteiger partial charge in [-0.15, -0.1) is 0 Å². The number of carbonyl (C=O) groups excluding carboxylic acids is 1. The fraction of sp³-hybridized carbons (Fsp3) is 0.438. The molecule has 3 heterocycles. The molecule has 5 rings (SSSR count). The summed E-state index contributed by atoms with van der Waals surface area (Å²) >= 11 is 0. The number of aromatic nitrogens is 4. The molecule has 0 unspecified atom stereocenters. The van der Waals surface area contributed by atoms with Crippen molar-refractivity contribution in [3.8, 4) is 0 Å². The van der Waals surface area contributed by atoms with Crippen LogP contribution in [0, 0.1) is 0 Å². The van der Waals surface area contributed by atoms with Crippen LogP contribution in [-0.4, -0.2) is 25.5 Å². The molecule has 196 valence electrons. The molecule has 0 N–H and O–H groups in total. The Kier molecular flexibility index (Phi) is 8.36. The fourth-order valence-corrected chi connectivity index (χ4v) is 4.37. The van der Waals surface area contributed by atoms with Crippen LogP contribution in [0.15, 0.2) is 55.1 Å². The number of pyridine rings is 2. The second-order valence-corrected chi connectivity index (χ2v) is 12.6. The van der Waals surface area contributed by atoms with Crippen LogP contribution < -0.4 is 0 Å². The number of nitrogens with zero attached hydrogens (tertiary/aromatic N) is 4. The lowest BCUT2D eigenvalue weighted by Gasteiger charge is -2.24. The first-order valence-electron chi connectivity index (χ1n) is 13.0. The molecule has 37 heavy (non-hydrogen) atoms. The Balaban J connectivity index is 0.000000159. The summed E-state index contributed by atoms with van der Waals surface area (Å²) < 4.78 is 1.94. The van der Waals surface area contributed by atoms with Crippen molar-refractivity contribution >= 4 is 17.9 Å². The molecule has 5 nitrogen and oxygen atoms in total. The third-order valence-corrected chi connectivity index (χ3v) is 6.33. The van der Waals surface area contributed by atoms with E-state index in [0.29, 0.717) is 6.42 Å². The van der Waals surface area contributed by atoms with E-state index in [9.17, 15) is 4.79 Å². The lowest BCUT2D eigenvalue weighted by molar-refractivity contribution is -0.114. The van der Waals surface area contributed by atoms with E-state index < -0.39 is 0 Å². The summed E-state index contributed by atoms with van der Waals surface area (Å²) in [5.74, 6) is 0.140. The smallest absolute Gasteiger partial charge is 0.161 e. The van der Waals surface area contributed by atoms with Gasteiger partial charge in [0.05, 0.1) is 23.3 Å². The summed E-state index contributed by atoms with van der Waals surface area (Å²) in [6.07, 6.45) is 16.9. The first kappa shape index (κ1) is 28.2. The number of hydrogen-bond donors (Lipinski definition) is 0. The molecule has 0 radical (unpaired) electrons. The molecule has 0 aromatic carbocycles. The maximum Gasteiger partial charge on any atom is 0.161 e. The second-order valence-electron chi connectivity index (χ2n) is 12.6. The summed E-state index contributed by atoms with van der Waals surface area (Å²) in [7, 11) is 0. The SMILES string of the molecule is CC(C)(C)c1ccnc2c1C=CC(=O)C2.CC(C)(C)c1ccnc2c1C=CC2.CC(C)(C)n1cccn1. The third-order valence-electron chi connectivity index (χ3n) is 6.33. The minimum absolute atomic E-state index is 0.0950. The minimum atomic E-state index is 0.0950. The lowest BCUT2D eigenvalue weighted by atomic mass is 9.82. The van der Waals surface area contributed by atoms with Gasteiger partial charge < -0.3 is 0 Å². The molecular formula is C32H42N4O. The van der Waals surface area contributed by atoms with Gasteiger partial charge in [0, 0.05) is 36.8 Å². The number of fused-ring (bicyclic) bond motifs is 2. The van der Waals surface area contributed by atoms with E-state index in [1.807, 2.05) is 35.3 Å². The Morgan fingerprint density at radius 2 is 1.30 bits per heavy atom. The van der Waals surface area contributed by atoms with Crippen molar-refractivity contribution in [1.82, 2.24) is 19.7 Å². The van der Waals surface area contributed by atoms with Crippen LogP contribution in [0.5, 0.6) is 0 Å². The standard InChI is InChI=1S/C13H15NO.C12H15N.C7H12N2/c1-13(2,3)11-6-7-14-12-8-9(15)4-5-10(11)12;1-12(2,3)10-7-8-13-11-6-4-5-9(10)11;1-7(2,3)9-6-4-5-8-9/h4-7H,8H2,1-3H3;4-5,7-8H,6H2,1-3H3;4-6H,1-3H3. The minimum Gasteiger partial charge on any atom is -0.294 e. The Labute approximate surface area is 222 Å². The molecule has 0 amide bonds. The molecule has 5 heteroatoms. The Hall–Kier alpha value is -3.34. The molecule has 0 saturated heterocycles. The first-order chi connectivity index (χ1) is 17.2. The van der Waals surface area contributed by atoms with Crippen LogP contribution in [0.4, 0.5) is 0 Å². The molecule has 0 bridgehead atoms. The van der Waals surface area contributed by atoms with Crippen molar-refractivity contribution in [2.75, 3.05) is 0 Å². The molecular weight excluding hydrogens is 456 g/mol. The van der Waals surface area contributed by atoms with Gasteiger partial charge in [-0.05, 0) is 78.6 Å². The average Bonchev–Trinajstić information content (AvgIpc) is 3.50. The Bertz CT molecular complexity index is 1280. The molecule has 0 spiro atoms. The number of allylic oxidation sites excluding steroid dienone is 2. The highest BCUT2D eigenvalue weighted by molar-refractivity contribution is 5.98. The number of rotatable bonds is 0. The second kappa shape index (κ2) is 11.0. The molecule has 0 fully saturated rings. The van der Waals surface area contributed by atoms with Crippen molar-refractivity contribution in [2.24, 2.45) is 0 Å². The zero-order chi connectivity index (χ0) is 27.4. The molecule has 2 aliphatic rings. The van der Waals surface area contributed by atoms with Gasteiger partial charge in [-0.25, -0.2) is 0 Å². The van der Waals surface area contributed by atoms with Gasteiger partial charge in [-0.3, -0.25) is 19.4 Å². The largest absolute Gasteiger partial charge is 0.294 e. The van der Waals surface area contributed by atoms with E-state index >= 15 is 0 Å². The molecule has 0 aliphatic heterocycles. The zero-order valence-electron chi connectivity index (χ0n) is 24.0. The van der Waals surface area contributed by atoms with Crippen LogP contribution in [0.25, 0.3) is 12.2 Å². The molecule has 3 aromatic rings. The van der Waals surface area contributed by atoms with E-state index in [-0.39, 0.29) is 22.2 Å². The van der Waals surface area contributed by atoms with E-state index in [4.69, 9.17) is 0 Å². The predicted octanol–water partition coefficient (Wildman–Crippen LogP) is 7.10. The van der Waals surface area contributed by atoms with Crippen molar-refractivity contribution in [1.29, 1.82) is 0 Å². The number of hydrogen-bond acceptors (Lipinski definition) is 4. The maximum absolute atomic E-state index is 11.3. The van der Waals surface area contributed by atoms with Gasteiger partial charge in [0.25, 0.3) is 0 Å². The van der Waals surface area contributed by atoms with E-state index in [0.717, 1.165) is 17.7 Å². The number of carbonyl (C=O) groups is 1. The summed E-state index contributed by atoms with van der Waals surface area (Å²) in [6, 6.07) is 6.11. The average molecular weight is 499 g/mol. The molecule has 2 aliphatic carbocycles. The highest BCUT2D eigenvalue weighted by Gasteiger charge is 2.22. The van der Waals surface area contributed by atoms with E-state index in [2.05, 4.69) is 95.6 Å². The summed E-state index contributed by atoms with van der Waals surface area (Å²) in [5.41, 5.74) is 7.73. The van der Waals surface area contributed by atoms with Crippen molar-refractivity contribution in [2.45, 2.75) is 91.5 Å². The fourth-order valence-electron chi connectivity index (χ4n) is 4.37. The topological polar surface area (TPSA) is 60.7 Å². The van der Waals surface area contributed by atoms with Gasteiger partial charge >= 0.3 is 0 Å². The quantitative estimate of drug-likeness (QED) is 0.331. The Morgan fingerprint density at radius 1 is 0.730 bits per heavy atom. The lowest BCUT2D eigenvalue weighted by Crippen LogP contribution is -2.21. The van der Waals surface area contributed by atoms with E-state index in [1.165, 1.54) is 22.4 Å². The summed E-state index contributed by atoms with van der Waals surface area (Å²) in [6.45, 7) is 19.6. The third kappa shape index (κ3) is 7.34. The highest BCUT2D eigenvalue weighted by Crippen LogP contribution is 2.31. The predicted molar refractivity (Wildman–Crippen MR) is 154 cm³/mol. The van der Waals surface area contributed by atoms with Crippen molar-refractivity contribution < 1.29 is 4.79 Å². The van der Waals surface area contributed by atoms with Gasteiger partial charge in [0.2, 0.25) is 0 Å². The normalized spacial score (nSPS) is 14.2. The van der Waals surface area contributed by atoms with Crippen molar-refractivity contribution in [3.05, 3.63) is 88.8 Å². The van der Waals surface area contributed by atoms with Gasteiger partial charge in [-0.1, -0.05) is 53.7 Å². The van der Waals surface area contributed by atoms with Gasteiger partial charge in [0.15, 0.2) is 5.78 Å². The van der Waals surface area contributed by atoms with Gasteiger partial charge in [-0.2, -0.15) is 5.10 Å². The molecule has 3 aromatic heterocycles. The van der Waals surface area contributed by atoms with Crippen LogP contribution >= 0.6 is 0 Å².